The summed E-state index contributed by atoms with van der Waals surface area (Å²) in [5.41, 5.74) is -1.60. The maximum absolute atomic E-state index is 14.3. The molecule has 0 saturated carbocycles. The molecule has 0 aromatic heterocycles. The van der Waals surface area contributed by atoms with Crippen molar-refractivity contribution in [3.05, 3.63) is 84.6 Å². The van der Waals surface area contributed by atoms with Gasteiger partial charge in [0.15, 0.2) is 0 Å². The molecular weight excluding hydrogens is 827 g/mol. The Bertz CT molecular complexity index is 1900. The predicted molar refractivity (Wildman–Crippen MR) is 242 cm³/mol. The van der Waals surface area contributed by atoms with E-state index in [0.29, 0.717) is 30.4 Å². The maximum atomic E-state index is 14.3. The second kappa shape index (κ2) is 20.8. The van der Waals surface area contributed by atoms with Crippen molar-refractivity contribution in [1.82, 2.24) is 4.31 Å². The molecule has 14 heteroatoms. The minimum absolute atomic E-state index is 0.000124. The van der Waals surface area contributed by atoms with Crippen LogP contribution in [0, 0.1) is 29.1 Å². The van der Waals surface area contributed by atoms with Gasteiger partial charge in [0.05, 0.1) is 42.7 Å². The molecule has 0 radical (unpaired) electrons. The van der Waals surface area contributed by atoms with Crippen LogP contribution in [0.1, 0.15) is 94.4 Å². The summed E-state index contributed by atoms with van der Waals surface area (Å²) in [6.07, 6.45) is 12.3. The molecule has 0 aromatic carbocycles. The Hall–Kier alpha value is -2.76. The van der Waals surface area contributed by atoms with E-state index in [9.17, 15) is 28.5 Å². The first-order valence-electron chi connectivity index (χ1n) is 22.7. The average molecular weight is 902 g/mol. The summed E-state index contributed by atoms with van der Waals surface area (Å²) < 4.78 is 66.3. The van der Waals surface area contributed by atoms with Crippen LogP contribution in [-0.2, 0) is 43.0 Å². The van der Waals surface area contributed by atoms with Crippen molar-refractivity contribution in [1.29, 1.82) is 0 Å². The monoisotopic (exact) mass is 902 g/mol. The smallest absolute Gasteiger partial charge is 0.339 e. The highest BCUT2D eigenvalue weighted by molar-refractivity contribution is 7.84. The molecule has 63 heavy (non-hydrogen) atoms. The molecule has 3 fully saturated rings. The summed E-state index contributed by atoms with van der Waals surface area (Å²) in [6.45, 7) is 25.4. The van der Waals surface area contributed by atoms with E-state index in [-0.39, 0.29) is 50.0 Å². The van der Waals surface area contributed by atoms with E-state index in [1.807, 2.05) is 45.1 Å². The zero-order valence-electron chi connectivity index (χ0n) is 39.1. The van der Waals surface area contributed by atoms with Gasteiger partial charge in [-0.2, -0.15) is 12.7 Å². The molecule has 3 unspecified atom stereocenters. The van der Waals surface area contributed by atoms with Gasteiger partial charge >= 0.3 is 16.3 Å². The number of aliphatic hydroxyl groups is 3. The standard InChI is InChI=1S/C49H75NO12S/c1-13-23-50(24-14-2)63(55,56)62-44-35(9)61-47(10,28-41(44)57-12)48(11)33(7)17-16-18-36-29-58-45-43(52)32(6)25-40(49(36,45)54)46(53)60-39-26-37(59-38(27-39)22-20-34(48)8)21-19-31(5)42(51)30(4)15-3/h13-14,16-21,25,30-31,33,35,37-45,51-52,54H,1-2,15,22-24,26-29H2,3-12H3/b17-16+,21-19-,34-20+,36-18+/t30?,31-,33-,35-,37-,38+,39+,40-,41-,42+,43+,44?,45?,47-,48+,49+/m0/s1. The third kappa shape index (κ3) is 10.5. The maximum Gasteiger partial charge on any atom is 0.339 e. The van der Waals surface area contributed by atoms with E-state index in [4.69, 9.17) is 27.9 Å². The number of aliphatic hydroxyl groups excluding tert-OH is 2. The number of ether oxygens (including phenoxy) is 5. The lowest BCUT2D eigenvalue weighted by Crippen LogP contribution is -2.62. The van der Waals surface area contributed by atoms with E-state index in [2.05, 4.69) is 46.9 Å². The van der Waals surface area contributed by atoms with E-state index >= 15 is 0 Å². The number of allylic oxidation sites excluding steroid dienone is 3. The molecule has 5 rings (SSSR count). The Balaban J connectivity index is 1.57. The van der Waals surface area contributed by atoms with Crippen molar-refractivity contribution >= 4 is 16.3 Å². The normalized spacial score (nSPS) is 41.6. The molecule has 4 heterocycles. The van der Waals surface area contributed by atoms with Crippen molar-refractivity contribution in [2.45, 2.75) is 161 Å². The van der Waals surface area contributed by atoms with Gasteiger partial charge in [0, 0.05) is 50.8 Å². The number of rotatable bonds is 14. The van der Waals surface area contributed by atoms with Gasteiger partial charge in [-0.25, -0.2) is 4.18 Å². The van der Waals surface area contributed by atoms with Crippen LogP contribution in [0.25, 0.3) is 0 Å². The van der Waals surface area contributed by atoms with Crippen LogP contribution in [-0.4, -0.2) is 127 Å². The molecule has 0 aromatic rings. The highest BCUT2D eigenvalue weighted by atomic mass is 32.2. The van der Waals surface area contributed by atoms with Gasteiger partial charge in [-0.15, -0.1) is 13.2 Å². The number of methoxy groups -OCH3 is 1. The lowest BCUT2D eigenvalue weighted by atomic mass is 9.59. The second-order valence-electron chi connectivity index (χ2n) is 19.0. The number of esters is 1. The fourth-order valence-corrected chi connectivity index (χ4v) is 11.6. The minimum Gasteiger partial charge on any atom is -0.462 e. The van der Waals surface area contributed by atoms with E-state index in [0.717, 1.165) is 16.3 Å². The second-order valence-corrected chi connectivity index (χ2v) is 20.5. The molecule has 2 bridgehead atoms. The van der Waals surface area contributed by atoms with Gasteiger partial charge in [-0.05, 0) is 57.1 Å². The topological polar surface area (TPSA) is 171 Å². The third-order valence-corrected chi connectivity index (χ3v) is 16.3. The summed E-state index contributed by atoms with van der Waals surface area (Å²) in [5.74, 6) is -1.98. The highest BCUT2D eigenvalue weighted by Gasteiger charge is 2.60. The first-order valence-corrected chi connectivity index (χ1v) is 24.1. The van der Waals surface area contributed by atoms with Crippen LogP contribution >= 0.6 is 0 Å². The number of hydrogen-bond donors (Lipinski definition) is 3. The molecule has 0 amide bonds. The third-order valence-electron chi connectivity index (χ3n) is 14.9. The molecule has 3 N–H and O–H groups in total. The number of fused-ring (bicyclic) bond motifs is 2. The minimum atomic E-state index is -4.23. The van der Waals surface area contributed by atoms with Gasteiger partial charge < -0.3 is 39.0 Å². The van der Waals surface area contributed by atoms with Crippen molar-refractivity contribution < 1.29 is 56.4 Å². The zero-order valence-corrected chi connectivity index (χ0v) is 40.0. The van der Waals surface area contributed by atoms with E-state index in [1.54, 1.807) is 33.1 Å². The molecule has 16 atom stereocenters. The van der Waals surface area contributed by atoms with Crippen molar-refractivity contribution in [3.8, 4) is 0 Å². The lowest BCUT2D eigenvalue weighted by molar-refractivity contribution is -0.238. The molecule has 0 spiro atoms. The number of hydrogen-bond acceptors (Lipinski definition) is 12. The van der Waals surface area contributed by atoms with Gasteiger partial charge in [0.1, 0.15) is 35.9 Å². The fraction of sp³-hybridized carbons (Fsp3) is 0.694. The quantitative estimate of drug-likeness (QED) is 0.128. The van der Waals surface area contributed by atoms with Crippen molar-refractivity contribution in [3.63, 3.8) is 0 Å². The molecule has 3 saturated heterocycles. The summed E-state index contributed by atoms with van der Waals surface area (Å²) in [4.78, 5) is 14.3. The molecule has 1 aliphatic carbocycles. The molecule has 354 valence electrons. The predicted octanol–water partition coefficient (Wildman–Crippen LogP) is 6.47. The van der Waals surface area contributed by atoms with Crippen molar-refractivity contribution in [2.24, 2.45) is 29.1 Å². The fourth-order valence-electron chi connectivity index (χ4n) is 10.3. The van der Waals surface area contributed by atoms with Crippen molar-refractivity contribution in [2.75, 3.05) is 26.8 Å². The van der Waals surface area contributed by atoms with Gasteiger partial charge in [-0.1, -0.05) is 101 Å². The first-order chi connectivity index (χ1) is 29.6. The first kappa shape index (κ1) is 51.2. The molecule has 5 aliphatic rings. The summed E-state index contributed by atoms with van der Waals surface area (Å²) >= 11 is 0. The van der Waals surface area contributed by atoms with Crippen LogP contribution in [0.15, 0.2) is 84.6 Å². The number of carbonyl (C=O) groups is 1. The largest absolute Gasteiger partial charge is 0.462 e. The SMILES string of the molecule is C=CCN(CC=C)S(=O)(=O)OC1[C@H](C)O[C@](C)([C@@]2(C)/C(C)=C/C[C@@H]3C[C@@H](C[C@H](/C=C\[C@H](C)[C@H](O)C(C)CC)O3)OC(=O)[C@@H]3C=C(C)[C@@H](O)C4OC/C(=C\C=C\[C@@H]2C)[C@]43O)C[C@@H]1OC. The molecular formula is C49H75NO12S. The number of nitrogens with zero attached hydrogens (tertiary/aromatic N) is 1. The molecule has 13 nitrogen and oxygen atoms in total. The molecule has 4 aliphatic heterocycles. The highest BCUT2D eigenvalue weighted by Crippen LogP contribution is 2.54. The van der Waals surface area contributed by atoms with Gasteiger partial charge in [-0.3, -0.25) is 4.79 Å². The Morgan fingerprint density at radius 3 is 2.41 bits per heavy atom. The summed E-state index contributed by atoms with van der Waals surface area (Å²) in [6, 6.07) is 0. The van der Waals surface area contributed by atoms with Crippen LogP contribution < -0.4 is 0 Å². The van der Waals surface area contributed by atoms with E-state index < -0.39 is 87.6 Å². The summed E-state index contributed by atoms with van der Waals surface area (Å²) in [5, 5.41) is 34.7. The summed E-state index contributed by atoms with van der Waals surface area (Å²) in [7, 11) is -2.68. The Labute approximate surface area is 376 Å². The zero-order chi connectivity index (χ0) is 46.7. The van der Waals surface area contributed by atoms with Gasteiger partial charge in [0.25, 0.3) is 0 Å². The van der Waals surface area contributed by atoms with Crippen LogP contribution in [0.4, 0.5) is 0 Å². The van der Waals surface area contributed by atoms with Crippen LogP contribution in [0.5, 0.6) is 0 Å². The Kier molecular flexibility index (Phi) is 16.9. The Morgan fingerprint density at radius 1 is 1.10 bits per heavy atom. The van der Waals surface area contributed by atoms with Crippen LogP contribution in [0.3, 0.4) is 0 Å². The Morgan fingerprint density at radius 2 is 1.78 bits per heavy atom. The lowest BCUT2D eigenvalue weighted by Gasteiger charge is -2.56. The van der Waals surface area contributed by atoms with Gasteiger partial charge in [0.2, 0.25) is 0 Å². The van der Waals surface area contributed by atoms with E-state index in [1.165, 1.54) is 12.2 Å². The average Bonchev–Trinajstić information content (AvgIpc) is 3.58. The van der Waals surface area contributed by atoms with Crippen LogP contribution in [0.2, 0.25) is 0 Å². The number of carbonyl (C=O) groups excluding carboxylic acids is 1.